The molecule has 2 N–H and O–H groups in total. The molecular formula is C26H34N4O2. The Labute approximate surface area is 191 Å². The summed E-state index contributed by atoms with van der Waals surface area (Å²) < 4.78 is 0. The van der Waals surface area contributed by atoms with Gasteiger partial charge in [0.1, 0.15) is 0 Å². The molecule has 3 rings (SSSR count). The fourth-order valence-electron chi connectivity index (χ4n) is 3.74. The van der Waals surface area contributed by atoms with Crippen molar-refractivity contribution in [2.24, 2.45) is 0 Å². The molecule has 0 aliphatic carbocycles. The summed E-state index contributed by atoms with van der Waals surface area (Å²) in [7, 11) is 0. The zero-order valence-electron chi connectivity index (χ0n) is 19.7. The molecule has 1 aliphatic heterocycles. The lowest BCUT2D eigenvalue weighted by Gasteiger charge is -2.32. The van der Waals surface area contributed by atoms with Gasteiger partial charge in [0, 0.05) is 30.4 Å². The molecule has 3 amide bonds. The minimum Gasteiger partial charge on any atom is -0.339 e. The van der Waals surface area contributed by atoms with Gasteiger partial charge in [-0.1, -0.05) is 32.0 Å². The summed E-state index contributed by atoms with van der Waals surface area (Å²) in [6.07, 6.45) is 1.79. The Hall–Kier alpha value is -3.33. The highest BCUT2D eigenvalue weighted by Gasteiger charge is 2.25. The molecule has 0 bridgehead atoms. The molecule has 0 radical (unpaired) electrons. The first kappa shape index (κ1) is 24.9. The number of likely N-dealkylation sites (tertiary alicyclic amines) is 1. The highest BCUT2D eigenvalue weighted by Crippen LogP contribution is 2.29. The number of nitrogens with one attached hydrogen (secondary N) is 2. The van der Waals surface area contributed by atoms with E-state index in [1.807, 2.05) is 75.9 Å². The first-order valence-electron chi connectivity index (χ1n) is 11.3. The summed E-state index contributed by atoms with van der Waals surface area (Å²) in [5.41, 5.74) is 4.02. The van der Waals surface area contributed by atoms with Crippen LogP contribution in [0, 0.1) is 18.3 Å². The lowest BCUT2D eigenvalue weighted by atomic mass is 9.89. The van der Waals surface area contributed by atoms with Crippen LogP contribution in [0.5, 0.6) is 0 Å². The van der Waals surface area contributed by atoms with Crippen molar-refractivity contribution in [2.45, 2.75) is 59.4 Å². The standard InChI is InChI=1S/C24H28N4O2.C2H6/c1-16(2)26-24(30)27-22-14-21(7-4-17(22)3)23(29)28-12-10-20(11-13-28)19-8-5-18(15-25)6-9-19;1-2/h4-9,14,16,20H,10-13H2,1-3H3,(H2,26,27,30);1-2H3. The van der Waals surface area contributed by atoms with E-state index in [-0.39, 0.29) is 18.0 Å². The van der Waals surface area contributed by atoms with Crippen molar-refractivity contribution in [1.29, 1.82) is 5.26 Å². The molecule has 0 spiro atoms. The molecule has 2 aromatic rings. The van der Waals surface area contributed by atoms with Gasteiger partial charge in [0.05, 0.1) is 11.6 Å². The average Bonchev–Trinajstić information content (AvgIpc) is 2.81. The van der Waals surface area contributed by atoms with E-state index in [4.69, 9.17) is 5.26 Å². The summed E-state index contributed by atoms with van der Waals surface area (Å²) >= 11 is 0. The van der Waals surface area contributed by atoms with Crippen molar-refractivity contribution < 1.29 is 9.59 Å². The maximum Gasteiger partial charge on any atom is 0.319 e. The van der Waals surface area contributed by atoms with Crippen LogP contribution in [0.2, 0.25) is 0 Å². The molecule has 1 saturated heterocycles. The fraction of sp³-hybridized carbons (Fsp3) is 0.423. The molecule has 6 heteroatoms. The Morgan fingerprint density at radius 2 is 1.69 bits per heavy atom. The number of aryl methyl sites for hydroxylation is 1. The van der Waals surface area contributed by atoms with Crippen LogP contribution in [-0.2, 0) is 0 Å². The number of urea groups is 1. The molecule has 0 saturated carbocycles. The third kappa shape index (κ3) is 6.58. The van der Waals surface area contributed by atoms with E-state index < -0.39 is 0 Å². The van der Waals surface area contributed by atoms with E-state index in [0.717, 1.165) is 18.4 Å². The number of carbonyl (C=O) groups is 2. The molecule has 32 heavy (non-hydrogen) atoms. The second kappa shape index (κ2) is 11.9. The Morgan fingerprint density at radius 3 is 2.25 bits per heavy atom. The van der Waals surface area contributed by atoms with E-state index in [2.05, 4.69) is 16.7 Å². The minimum atomic E-state index is -0.277. The van der Waals surface area contributed by atoms with Gasteiger partial charge in [-0.25, -0.2) is 4.79 Å². The van der Waals surface area contributed by atoms with Gasteiger partial charge in [0.2, 0.25) is 0 Å². The number of amides is 3. The Bertz CT molecular complexity index is 953. The normalized spacial score (nSPS) is 13.6. The minimum absolute atomic E-state index is 0.0133. The van der Waals surface area contributed by atoms with Crippen molar-refractivity contribution in [2.75, 3.05) is 18.4 Å². The Kier molecular flexibility index (Phi) is 9.27. The van der Waals surface area contributed by atoms with Gasteiger partial charge in [-0.15, -0.1) is 0 Å². The van der Waals surface area contributed by atoms with E-state index in [1.54, 1.807) is 6.07 Å². The van der Waals surface area contributed by atoms with Crippen LogP contribution >= 0.6 is 0 Å². The fourth-order valence-corrected chi connectivity index (χ4v) is 3.74. The first-order chi connectivity index (χ1) is 15.4. The maximum absolute atomic E-state index is 13.0. The van der Waals surface area contributed by atoms with Crippen LogP contribution in [0.3, 0.4) is 0 Å². The van der Waals surface area contributed by atoms with E-state index >= 15 is 0 Å². The van der Waals surface area contributed by atoms with Gasteiger partial charge in [-0.2, -0.15) is 5.26 Å². The van der Waals surface area contributed by atoms with E-state index in [1.165, 1.54) is 5.56 Å². The zero-order chi connectivity index (χ0) is 23.7. The largest absolute Gasteiger partial charge is 0.339 e. The summed E-state index contributed by atoms with van der Waals surface area (Å²) in [5.74, 6) is 0.386. The summed E-state index contributed by atoms with van der Waals surface area (Å²) in [4.78, 5) is 26.9. The molecule has 0 unspecified atom stereocenters. The first-order valence-corrected chi connectivity index (χ1v) is 11.3. The predicted molar refractivity (Wildman–Crippen MR) is 129 cm³/mol. The monoisotopic (exact) mass is 434 g/mol. The van der Waals surface area contributed by atoms with Crippen molar-refractivity contribution in [3.05, 3.63) is 64.7 Å². The molecule has 6 nitrogen and oxygen atoms in total. The average molecular weight is 435 g/mol. The molecule has 0 aromatic heterocycles. The summed E-state index contributed by atoms with van der Waals surface area (Å²) in [5, 5.41) is 14.6. The summed E-state index contributed by atoms with van der Waals surface area (Å²) in [6.45, 7) is 11.1. The van der Waals surface area contributed by atoms with Gasteiger partial charge < -0.3 is 15.5 Å². The molecular weight excluding hydrogens is 400 g/mol. The van der Waals surface area contributed by atoms with Gasteiger partial charge in [0.25, 0.3) is 5.91 Å². The highest BCUT2D eigenvalue weighted by atomic mass is 16.2. The second-order valence-electron chi connectivity index (χ2n) is 8.08. The number of nitriles is 1. The number of benzene rings is 2. The van der Waals surface area contributed by atoms with Crippen molar-refractivity contribution in [3.63, 3.8) is 0 Å². The second-order valence-corrected chi connectivity index (χ2v) is 8.08. The van der Waals surface area contributed by atoms with Crippen molar-refractivity contribution in [3.8, 4) is 6.07 Å². The maximum atomic E-state index is 13.0. The van der Waals surface area contributed by atoms with Gasteiger partial charge in [-0.05, 0) is 74.9 Å². The van der Waals surface area contributed by atoms with E-state index in [9.17, 15) is 9.59 Å². The smallest absolute Gasteiger partial charge is 0.319 e. The molecule has 170 valence electrons. The van der Waals surface area contributed by atoms with Crippen molar-refractivity contribution >= 4 is 17.6 Å². The van der Waals surface area contributed by atoms with E-state index in [0.29, 0.717) is 35.8 Å². The predicted octanol–water partition coefficient (Wildman–Crippen LogP) is 5.44. The van der Waals surface area contributed by atoms with Crippen LogP contribution in [0.1, 0.15) is 73.5 Å². The number of piperidine rings is 1. The van der Waals surface area contributed by atoms with Gasteiger partial charge in [-0.3, -0.25) is 4.79 Å². The molecule has 0 atom stereocenters. The lowest BCUT2D eigenvalue weighted by molar-refractivity contribution is 0.0713. The van der Waals surface area contributed by atoms with Crippen LogP contribution in [0.4, 0.5) is 10.5 Å². The number of anilines is 1. The van der Waals surface area contributed by atoms with Crippen molar-refractivity contribution in [1.82, 2.24) is 10.2 Å². The number of hydrogen-bond donors (Lipinski definition) is 2. The van der Waals surface area contributed by atoms with Crippen LogP contribution in [0.15, 0.2) is 42.5 Å². The number of nitrogens with zero attached hydrogens (tertiary/aromatic N) is 2. The van der Waals surface area contributed by atoms with Crippen LogP contribution < -0.4 is 10.6 Å². The quantitative estimate of drug-likeness (QED) is 0.672. The number of hydrogen-bond acceptors (Lipinski definition) is 3. The number of carbonyl (C=O) groups excluding carboxylic acids is 2. The van der Waals surface area contributed by atoms with Crippen LogP contribution in [-0.4, -0.2) is 36.0 Å². The molecule has 1 aliphatic rings. The Balaban J connectivity index is 0.00000176. The summed E-state index contributed by atoms with van der Waals surface area (Å²) in [6, 6.07) is 15.1. The third-order valence-electron chi connectivity index (χ3n) is 5.45. The SMILES string of the molecule is CC.Cc1ccc(C(=O)N2CCC(c3ccc(C#N)cc3)CC2)cc1NC(=O)NC(C)C. The molecule has 2 aromatic carbocycles. The van der Waals surface area contributed by atoms with Gasteiger partial charge >= 0.3 is 6.03 Å². The number of rotatable bonds is 4. The highest BCUT2D eigenvalue weighted by molar-refractivity contribution is 5.97. The van der Waals surface area contributed by atoms with Crippen LogP contribution in [0.25, 0.3) is 0 Å². The zero-order valence-corrected chi connectivity index (χ0v) is 19.7. The van der Waals surface area contributed by atoms with Gasteiger partial charge in [0.15, 0.2) is 0 Å². The lowest BCUT2D eigenvalue weighted by Crippen LogP contribution is -2.38. The topological polar surface area (TPSA) is 85.2 Å². The molecule has 1 fully saturated rings. The Morgan fingerprint density at radius 1 is 1.06 bits per heavy atom. The molecule has 1 heterocycles. The third-order valence-corrected chi connectivity index (χ3v) is 5.45.